The van der Waals surface area contributed by atoms with Gasteiger partial charge >= 0.3 is 0 Å². The highest BCUT2D eigenvalue weighted by Crippen LogP contribution is 2.46. The first-order chi connectivity index (χ1) is 4.51. The molecule has 56 valence electrons. The van der Waals surface area contributed by atoms with Crippen LogP contribution >= 0.6 is 0 Å². The van der Waals surface area contributed by atoms with Crippen LogP contribution in [0.4, 0.5) is 0 Å². The Morgan fingerprint density at radius 3 is 2.20 bits per heavy atom. The third-order valence-electron chi connectivity index (χ3n) is 2.71. The Hall–Kier alpha value is -0.590. The second-order valence-electron chi connectivity index (χ2n) is 3.52. The second kappa shape index (κ2) is 1.94. The topological polar surface area (TPSA) is 17.1 Å². The van der Waals surface area contributed by atoms with Gasteiger partial charge in [-0.3, -0.25) is 4.79 Å². The standard InChI is InChI=1S/C9H14O/c1-5-7-6(2)9(3,4)8(7)10/h5-6H,1-4H3/b7-5-. The van der Waals surface area contributed by atoms with Gasteiger partial charge in [0.15, 0.2) is 5.78 Å². The minimum atomic E-state index is -0.0954. The molecule has 0 N–H and O–H groups in total. The first-order valence-electron chi connectivity index (χ1n) is 3.72. The van der Waals surface area contributed by atoms with E-state index in [1.165, 1.54) is 0 Å². The molecule has 1 rings (SSSR count). The molecule has 1 heteroatoms. The number of ketones is 1. The molecule has 0 heterocycles. The average molecular weight is 138 g/mol. The van der Waals surface area contributed by atoms with Crippen molar-refractivity contribution in [3.8, 4) is 0 Å². The van der Waals surface area contributed by atoms with Gasteiger partial charge in [0.2, 0.25) is 0 Å². The van der Waals surface area contributed by atoms with Crippen LogP contribution in [0.5, 0.6) is 0 Å². The fraction of sp³-hybridized carbons (Fsp3) is 0.667. The second-order valence-corrected chi connectivity index (χ2v) is 3.52. The van der Waals surface area contributed by atoms with Gasteiger partial charge in [0.25, 0.3) is 0 Å². The largest absolute Gasteiger partial charge is 0.294 e. The predicted molar refractivity (Wildman–Crippen MR) is 41.7 cm³/mol. The lowest BCUT2D eigenvalue weighted by Crippen LogP contribution is -2.46. The summed E-state index contributed by atoms with van der Waals surface area (Å²) >= 11 is 0. The summed E-state index contributed by atoms with van der Waals surface area (Å²) in [5.74, 6) is 0.771. The van der Waals surface area contributed by atoms with Crippen LogP contribution in [0.15, 0.2) is 11.6 Å². The summed E-state index contributed by atoms with van der Waals surface area (Å²) in [6.45, 7) is 8.05. The van der Waals surface area contributed by atoms with Gasteiger partial charge in [0, 0.05) is 5.41 Å². The van der Waals surface area contributed by atoms with Crippen LogP contribution in [0.1, 0.15) is 27.7 Å². The molecule has 0 amide bonds. The molecule has 0 saturated heterocycles. The van der Waals surface area contributed by atoms with E-state index in [0.29, 0.717) is 11.7 Å². The summed E-state index contributed by atoms with van der Waals surface area (Å²) < 4.78 is 0. The minimum Gasteiger partial charge on any atom is -0.294 e. The molecule has 0 aliphatic heterocycles. The SMILES string of the molecule is C/C=C1\C(=O)C(C)(C)C1C. The number of carbonyl (C=O) groups is 1. The maximum atomic E-state index is 11.3. The summed E-state index contributed by atoms with van der Waals surface area (Å²) in [7, 11) is 0. The molecule has 1 aliphatic rings. The Balaban J connectivity index is 2.88. The number of allylic oxidation sites excluding steroid dienone is 2. The Bertz CT molecular complexity index is 199. The minimum absolute atomic E-state index is 0.0954. The summed E-state index contributed by atoms with van der Waals surface area (Å²) in [5, 5.41) is 0. The zero-order valence-electron chi connectivity index (χ0n) is 7.06. The molecule has 1 aliphatic carbocycles. The van der Waals surface area contributed by atoms with Crippen molar-refractivity contribution < 1.29 is 4.79 Å². The molecule has 0 aromatic rings. The van der Waals surface area contributed by atoms with Crippen LogP contribution in [-0.2, 0) is 4.79 Å². The maximum Gasteiger partial charge on any atom is 0.165 e. The highest BCUT2D eigenvalue weighted by atomic mass is 16.1. The Morgan fingerprint density at radius 2 is 2.00 bits per heavy atom. The highest BCUT2D eigenvalue weighted by Gasteiger charge is 2.48. The lowest BCUT2D eigenvalue weighted by Gasteiger charge is -2.42. The average Bonchev–Trinajstić information content (AvgIpc) is 1.89. The number of rotatable bonds is 0. The van der Waals surface area contributed by atoms with E-state index in [-0.39, 0.29) is 5.41 Å². The van der Waals surface area contributed by atoms with E-state index < -0.39 is 0 Å². The van der Waals surface area contributed by atoms with E-state index in [9.17, 15) is 4.79 Å². The number of carbonyl (C=O) groups excluding carboxylic acids is 1. The van der Waals surface area contributed by atoms with E-state index >= 15 is 0 Å². The molecule has 0 aromatic heterocycles. The molecule has 1 atom stereocenters. The van der Waals surface area contributed by atoms with E-state index in [0.717, 1.165) is 5.57 Å². The molecule has 0 spiro atoms. The van der Waals surface area contributed by atoms with Gasteiger partial charge in [-0.15, -0.1) is 0 Å². The van der Waals surface area contributed by atoms with E-state index in [1.54, 1.807) is 0 Å². The molecular weight excluding hydrogens is 124 g/mol. The Labute approximate surface area is 62.1 Å². The van der Waals surface area contributed by atoms with Crippen molar-refractivity contribution in [2.45, 2.75) is 27.7 Å². The summed E-state index contributed by atoms with van der Waals surface area (Å²) in [4.78, 5) is 11.3. The van der Waals surface area contributed by atoms with Gasteiger partial charge in [0.05, 0.1) is 0 Å². The summed E-state index contributed by atoms with van der Waals surface area (Å²) in [6.07, 6.45) is 1.93. The van der Waals surface area contributed by atoms with Crippen LogP contribution in [0.2, 0.25) is 0 Å². The van der Waals surface area contributed by atoms with Gasteiger partial charge in [-0.2, -0.15) is 0 Å². The first kappa shape index (κ1) is 7.52. The summed E-state index contributed by atoms with van der Waals surface area (Å²) in [6, 6.07) is 0. The molecular formula is C9H14O. The third kappa shape index (κ3) is 0.664. The van der Waals surface area contributed by atoms with Crippen LogP contribution < -0.4 is 0 Å². The molecule has 0 aromatic carbocycles. The van der Waals surface area contributed by atoms with Crippen molar-refractivity contribution >= 4 is 5.78 Å². The van der Waals surface area contributed by atoms with Crippen molar-refractivity contribution in [3.63, 3.8) is 0 Å². The van der Waals surface area contributed by atoms with Gasteiger partial charge in [-0.05, 0) is 18.4 Å². The van der Waals surface area contributed by atoms with Gasteiger partial charge < -0.3 is 0 Å². The number of hydrogen-bond donors (Lipinski definition) is 0. The summed E-state index contributed by atoms with van der Waals surface area (Å²) in [5.41, 5.74) is 0.909. The van der Waals surface area contributed by atoms with Crippen LogP contribution in [-0.4, -0.2) is 5.78 Å². The van der Waals surface area contributed by atoms with Crippen molar-refractivity contribution in [1.82, 2.24) is 0 Å². The Kier molecular flexibility index (Phi) is 1.46. The normalized spacial score (nSPS) is 34.2. The van der Waals surface area contributed by atoms with Crippen molar-refractivity contribution in [2.75, 3.05) is 0 Å². The first-order valence-corrected chi connectivity index (χ1v) is 3.72. The molecule has 1 unspecified atom stereocenters. The van der Waals surface area contributed by atoms with E-state index in [4.69, 9.17) is 0 Å². The fourth-order valence-electron chi connectivity index (χ4n) is 1.46. The Morgan fingerprint density at radius 1 is 1.50 bits per heavy atom. The molecule has 1 fully saturated rings. The molecule has 1 saturated carbocycles. The maximum absolute atomic E-state index is 11.3. The molecule has 0 bridgehead atoms. The van der Waals surface area contributed by atoms with E-state index in [2.05, 4.69) is 6.92 Å². The lowest BCUT2D eigenvalue weighted by atomic mass is 9.59. The quantitative estimate of drug-likeness (QED) is 0.469. The van der Waals surface area contributed by atoms with Crippen molar-refractivity contribution in [2.24, 2.45) is 11.3 Å². The third-order valence-corrected chi connectivity index (χ3v) is 2.71. The smallest absolute Gasteiger partial charge is 0.165 e. The fourth-order valence-corrected chi connectivity index (χ4v) is 1.46. The molecule has 10 heavy (non-hydrogen) atoms. The number of Topliss-reactive ketones (excluding diaryl/α,β-unsaturated/α-hetero) is 1. The van der Waals surface area contributed by atoms with Gasteiger partial charge in [-0.1, -0.05) is 26.8 Å². The zero-order valence-corrected chi connectivity index (χ0v) is 7.06. The highest BCUT2D eigenvalue weighted by molar-refractivity contribution is 6.07. The zero-order chi connectivity index (χ0) is 7.94. The van der Waals surface area contributed by atoms with Gasteiger partial charge in [0.1, 0.15) is 0 Å². The van der Waals surface area contributed by atoms with Gasteiger partial charge in [-0.25, -0.2) is 0 Å². The molecule has 1 nitrogen and oxygen atoms in total. The van der Waals surface area contributed by atoms with Crippen LogP contribution in [0.3, 0.4) is 0 Å². The monoisotopic (exact) mass is 138 g/mol. The molecule has 0 radical (unpaired) electrons. The van der Waals surface area contributed by atoms with Crippen LogP contribution in [0.25, 0.3) is 0 Å². The number of hydrogen-bond acceptors (Lipinski definition) is 1. The van der Waals surface area contributed by atoms with Crippen molar-refractivity contribution in [3.05, 3.63) is 11.6 Å². The predicted octanol–water partition coefficient (Wildman–Crippen LogP) is 2.18. The lowest BCUT2D eigenvalue weighted by molar-refractivity contribution is -0.132. The van der Waals surface area contributed by atoms with Crippen LogP contribution in [0, 0.1) is 11.3 Å². The van der Waals surface area contributed by atoms with Crippen molar-refractivity contribution in [1.29, 1.82) is 0 Å². The van der Waals surface area contributed by atoms with E-state index in [1.807, 2.05) is 26.8 Å².